The molecule has 0 atom stereocenters. The van der Waals surface area contributed by atoms with Crippen molar-refractivity contribution in [3.05, 3.63) is 72.2 Å². The van der Waals surface area contributed by atoms with Crippen molar-refractivity contribution < 1.29 is 23.4 Å². The molecule has 1 aliphatic rings. The van der Waals surface area contributed by atoms with Gasteiger partial charge in [0.1, 0.15) is 19.0 Å². The number of fused-ring (bicyclic) bond motifs is 1. The average Bonchev–Trinajstić information content (AvgIpc) is 2.79. The van der Waals surface area contributed by atoms with Crippen LogP contribution in [0.15, 0.2) is 65.8 Å². The van der Waals surface area contributed by atoms with Crippen LogP contribution in [0, 0.1) is 5.82 Å². The molecule has 0 radical (unpaired) electrons. The van der Waals surface area contributed by atoms with Crippen molar-refractivity contribution in [2.45, 2.75) is 5.03 Å². The number of amides is 1. The monoisotopic (exact) mass is 426 g/mol. The number of hydrogen-bond acceptors (Lipinski definition) is 6. The quantitative estimate of drug-likeness (QED) is 0.446. The van der Waals surface area contributed by atoms with Crippen molar-refractivity contribution >= 4 is 23.4 Å². The number of nitrogens with zero attached hydrogens (tertiary/aromatic N) is 1. The van der Waals surface area contributed by atoms with Crippen LogP contribution in [-0.4, -0.2) is 36.5 Å². The van der Waals surface area contributed by atoms with Crippen molar-refractivity contribution in [1.82, 2.24) is 4.98 Å². The fourth-order valence-corrected chi connectivity index (χ4v) is 3.46. The average molecular weight is 426 g/mol. The Morgan fingerprint density at radius 1 is 1.10 bits per heavy atom. The predicted molar refractivity (Wildman–Crippen MR) is 112 cm³/mol. The second-order valence-corrected chi connectivity index (χ2v) is 7.44. The largest absolute Gasteiger partial charge is 0.489 e. The fourth-order valence-electron chi connectivity index (χ4n) is 2.79. The smallest absolute Gasteiger partial charge is 0.257 e. The number of anilines is 1. The maximum Gasteiger partial charge on any atom is 0.257 e. The number of benzene rings is 2. The number of halogens is 1. The maximum atomic E-state index is 12.9. The van der Waals surface area contributed by atoms with Gasteiger partial charge in [0.25, 0.3) is 5.91 Å². The molecule has 0 bridgehead atoms. The Morgan fingerprint density at radius 2 is 1.93 bits per heavy atom. The van der Waals surface area contributed by atoms with Gasteiger partial charge in [-0.1, -0.05) is 6.07 Å². The molecule has 8 heteroatoms. The van der Waals surface area contributed by atoms with E-state index in [1.54, 1.807) is 12.1 Å². The molecule has 30 heavy (non-hydrogen) atoms. The second-order valence-electron chi connectivity index (χ2n) is 6.32. The lowest BCUT2D eigenvalue weighted by Gasteiger charge is -2.20. The van der Waals surface area contributed by atoms with Gasteiger partial charge in [-0.25, -0.2) is 9.37 Å². The minimum atomic E-state index is -0.354. The summed E-state index contributed by atoms with van der Waals surface area (Å²) < 4.78 is 29.9. The summed E-state index contributed by atoms with van der Waals surface area (Å²) in [7, 11) is 0. The van der Waals surface area contributed by atoms with Gasteiger partial charge in [0.05, 0.1) is 17.2 Å². The van der Waals surface area contributed by atoms with Crippen LogP contribution in [0.25, 0.3) is 0 Å². The Kier molecular flexibility index (Phi) is 6.34. The standard InChI is InChI=1S/C22H19FN2O4S/c23-16-5-7-17(8-6-16)25-22(26)15-4-9-20(24-14-15)30-13-12-28-19-3-1-2-18-21(19)29-11-10-27-18/h1-9,14H,10-13H2,(H,25,26). The summed E-state index contributed by atoms with van der Waals surface area (Å²) in [5.74, 6) is 2.02. The Labute approximate surface area is 177 Å². The highest BCUT2D eigenvalue weighted by Crippen LogP contribution is 2.39. The summed E-state index contributed by atoms with van der Waals surface area (Å²) in [5.41, 5.74) is 0.947. The highest BCUT2D eigenvalue weighted by atomic mass is 32.2. The minimum absolute atomic E-state index is 0.301. The lowest BCUT2D eigenvalue weighted by atomic mass is 10.2. The number of carbonyl (C=O) groups excluding carboxylic acids is 1. The summed E-state index contributed by atoms with van der Waals surface area (Å²) >= 11 is 1.52. The van der Waals surface area contributed by atoms with Crippen LogP contribution in [0.5, 0.6) is 17.2 Å². The first kappa shape index (κ1) is 20.0. The van der Waals surface area contributed by atoms with E-state index in [0.29, 0.717) is 54.1 Å². The molecule has 1 aromatic heterocycles. The zero-order valence-corrected chi connectivity index (χ0v) is 16.8. The molecule has 0 unspecified atom stereocenters. The number of para-hydroxylation sites is 1. The molecule has 4 rings (SSSR count). The van der Waals surface area contributed by atoms with Crippen molar-refractivity contribution in [2.24, 2.45) is 0 Å². The number of rotatable bonds is 7. The molecule has 1 amide bonds. The molecule has 1 aliphatic heterocycles. The van der Waals surface area contributed by atoms with E-state index in [1.807, 2.05) is 18.2 Å². The van der Waals surface area contributed by atoms with Crippen LogP contribution >= 0.6 is 11.8 Å². The maximum absolute atomic E-state index is 12.9. The summed E-state index contributed by atoms with van der Waals surface area (Å²) in [6.07, 6.45) is 1.51. The van der Waals surface area contributed by atoms with E-state index in [-0.39, 0.29) is 11.7 Å². The van der Waals surface area contributed by atoms with Gasteiger partial charge < -0.3 is 19.5 Å². The van der Waals surface area contributed by atoms with Crippen LogP contribution in [0.4, 0.5) is 10.1 Å². The van der Waals surface area contributed by atoms with Crippen molar-refractivity contribution in [3.8, 4) is 17.2 Å². The number of hydrogen-bond donors (Lipinski definition) is 1. The van der Waals surface area contributed by atoms with Crippen LogP contribution in [0.2, 0.25) is 0 Å². The van der Waals surface area contributed by atoms with E-state index in [1.165, 1.54) is 42.2 Å². The lowest BCUT2D eigenvalue weighted by Crippen LogP contribution is -2.16. The Bertz CT molecular complexity index is 1010. The Morgan fingerprint density at radius 3 is 2.73 bits per heavy atom. The van der Waals surface area contributed by atoms with Crippen LogP contribution < -0.4 is 19.5 Å². The van der Waals surface area contributed by atoms with Gasteiger partial charge in [-0.05, 0) is 48.5 Å². The van der Waals surface area contributed by atoms with Crippen LogP contribution in [-0.2, 0) is 0 Å². The van der Waals surface area contributed by atoms with E-state index in [0.717, 1.165) is 5.03 Å². The third kappa shape index (κ3) is 5.01. The Balaban J connectivity index is 1.26. The molecule has 2 heterocycles. The summed E-state index contributed by atoms with van der Waals surface area (Å²) in [6.45, 7) is 1.52. The van der Waals surface area contributed by atoms with Gasteiger partial charge in [0.15, 0.2) is 11.5 Å². The molecule has 0 fully saturated rings. The zero-order valence-electron chi connectivity index (χ0n) is 16.0. The van der Waals surface area contributed by atoms with E-state index in [4.69, 9.17) is 14.2 Å². The summed E-state index contributed by atoms with van der Waals surface area (Å²) in [5, 5.41) is 3.49. The number of aromatic nitrogens is 1. The second kappa shape index (κ2) is 9.49. The summed E-state index contributed by atoms with van der Waals surface area (Å²) in [4.78, 5) is 16.6. The number of pyridine rings is 1. The molecule has 0 saturated heterocycles. The third-order valence-corrected chi connectivity index (χ3v) is 5.13. The SMILES string of the molecule is O=C(Nc1ccc(F)cc1)c1ccc(SCCOc2cccc3c2OCCO3)nc1. The first-order chi connectivity index (χ1) is 14.7. The highest BCUT2D eigenvalue weighted by molar-refractivity contribution is 7.99. The zero-order chi connectivity index (χ0) is 20.8. The molecule has 154 valence electrons. The molecule has 6 nitrogen and oxygen atoms in total. The fraction of sp³-hybridized carbons (Fsp3) is 0.182. The van der Waals surface area contributed by atoms with Crippen molar-refractivity contribution in [2.75, 3.05) is 30.9 Å². The molecule has 1 N–H and O–H groups in total. The number of thioether (sulfide) groups is 1. The molecule has 0 spiro atoms. The van der Waals surface area contributed by atoms with Crippen molar-refractivity contribution in [3.63, 3.8) is 0 Å². The van der Waals surface area contributed by atoms with E-state index in [2.05, 4.69) is 10.3 Å². The molecule has 0 aliphatic carbocycles. The Hall–Kier alpha value is -3.26. The molecule has 3 aromatic rings. The first-order valence-corrected chi connectivity index (χ1v) is 10.3. The van der Waals surface area contributed by atoms with Crippen molar-refractivity contribution in [1.29, 1.82) is 0 Å². The number of ether oxygens (including phenoxy) is 3. The van der Waals surface area contributed by atoms with E-state index >= 15 is 0 Å². The lowest BCUT2D eigenvalue weighted by molar-refractivity contribution is 0.102. The number of carbonyl (C=O) groups is 1. The van der Waals surface area contributed by atoms with Gasteiger partial charge in [-0.15, -0.1) is 11.8 Å². The van der Waals surface area contributed by atoms with Crippen LogP contribution in [0.3, 0.4) is 0 Å². The third-order valence-electron chi connectivity index (χ3n) is 4.22. The van der Waals surface area contributed by atoms with Gasteiger partial charge in [0.2, 0.25) is 5.75 Å². The molecule has 2 aromatic carbocycles. The predicted octanol–water partition coefficient (Wildman–Crippen LogP) is 4.42. The van der Waals surface area contributed by atoms with Gasteiger partial charge in [0, 0.05) is 17.6 Å². The molecular formula is C22H19FN2O4S. The molecule has 0 saturated carbocycles. The van der Waals surface area contributed by atoms with Gasteiger partial charge in [-0.3, -0.25) is 4.79 Å². The van der Waals surface area contributed by atoms with Crippen LogP contribution in [0.1, 0.15) is 10.4 Å². The number of nitrogens with one attached hydrogen (secondary N) is 1. The topological polar surface area (TPSA) is 69.7 Å². The van der Waals surface area contributed by atoms with E-state index in [9.17, 15) is 9.18 Å². The minimum Gasteiger partial charge on any atom is -0.489 e. The molecular weight excluding hydrogens is 407 g/mol. The van der Waals surface area contributed by atoms with Gasteiger partial charge in [-0.2, -0.15) is 0 Å². The van der Waals surface area contributed by atoms with Gasteiger partial charge >= 0.3 is 0 Å². The summed E-state index contributed by atoms with van der Waals surface area (Å²) in [6, 6.07) is 14.7. The normalized spacial score (nSPS) is 12.3. The van der Waals surface area contributed by atoms with E-state index < -0.39 is 0 Å². The highest BCUT2D eigenvalue weighted by Gasteiger charge is 2.16. The first-order valence-electron chi connectivity index (χ1n) is 9.36.